The Balaban J connectivity index is 2.32. The number of nitro groups is 1. The van der Waals surface area contributed by atoms with Gasteiger partial charge in [-0.3, -0.25) is 14.9 Å². The van der Waals surface area contributed by atoms with E-state index in [2.05, 4.69) is 0 Å². The highest BCUT2D eigenvalue weighted by atomic mass is 35.5. The number of hydrogen-bond donors (Lipinski definition) is 0. The standard InChI is InChI=1S/C17H13ClF4N2O3/c18-13-5-3-6-14(19)12(13)8-16(25)23(10-17(20,21)22)9-11-4-1-2-7-15(11)24(26)27/h1-7H,8-10H2. The first-order valence-corrected chi connectivity index (χ1v) is 7.96. The van der Waals surface area contributed by atoms with Gasteiger partial charge in [-0.05, 0) is 12.1 Å². The minimum absolute atomic E-state index is 0.0697. The van der Waals surface area contributed by atoms with Crippen LogP contribution < -0.4 is 0 Å². The van der Waals surface area contributed by atoms with E-state index >= 15 is 0 Å². The summed E-state index contributed by atoms with van der Waals surface area (Å²) in [5, 5.41) is 11.0. The number of alkyl halides is 3. The predicted molar refractivity (Wildman–Crippen MR) is 89.7 cm³/mol. The Bertz CT molecular complexity index is 838. The number of nitro benzene ring substituents is 1. The fourth-order valence-corrected chi connectivity index (χ4v) is 2.67. The van der Waals surface area contributed by atoms with Gasteiger partial charge in [0.2, 0.25) is 5.91 Å². The molecule has 1 amide bonds. The number of benzene rings is 2. The smallest absolute Gasteiger partial charge is 0.329 e. The minimum Gasteiger partial charge on any atom is -0.329 e. The third-order valence-electron chi connectivity index (χ3n) is 3.66. The zero-order valence-electron chi connectivity index (χ0n) is 13.7. The predicted octanol–water partition coefficient (Wildman–Crippen LogP) is 4.52. The number of rotatable bonds is 6. The lowest BCUT2D eigenvalue weighted by atomic mass is 10.1. The van der Waals surface area contributed by atoms with Crippen molar-refractivity contribution >= 4 is 23.2 Å². The van der Waals surface area contributed by atoms with Gasteiger partial charge in [0.05, 0.1) is 17.9 Å². The fraction of sp³-hybridized carbons (Fsp3) is 0.235. The molecule has 0 atom stereocenters. The van der Waals surface area contributed by atoms with Crippen LogP contribution in [0.1, 0.15) is 11.1 Å². The average Bonchev–Trinajstić information content (AvgIpc) is 2.56. The molecular formula is C17H13ClF4N2O3. The normalized spacial score (nSPS) is 11.3. The van der Waals surface area contributed by atoms with Crippen LogP contribution in [0.4, 0.5) is 23.2 Å². The second-order valence-electron chi connectivity index (χ2n) is 5.63. The number of hydrogen-bond acceptors (Lipinski definition) is 3. The summed E-state index contributed by atoms with van der Waals surface area (Å²) in [6.07, 6.45) is -5.44. The van der Waals surface area contributed by atoms with Gasteiger partial charge in [0.1, 0.15) is 12.4 Å². The van der Waals surface area contributed by atoms with Crippen molar-refractivity contribution in [2.75, 3.05) is 6.54 Å². The maximum atomic E-state index is 13.8. The molecule has 10 heteroatoms. The van der Waals surface area contributed by atoms with Crippen LogP contribution in [-0.4, -0.2) is 28.5 Å². The number of para-hydroxylation sites is 1. The topological polar surface area (TPSA) is 63.5 Å². The highest BCUT2D eigenvalue weighted by Gasteiger charge is 2.34. The van der Waals surface area contributed by atoms with Gasteiger partial charge in [-0.2, -0.15) is 13.2 Å². The number of amides is 1. The van der Waals surface area contributed by atoms with Gasteiger partial charge in [-0.25, -0.2) is 4.39 Å². The van der Waals surface area contributed by atoms with Gasteiger partial charge >= 0.3 is 6.18 Å². The van der Waals surface area contributed by atoms with Gasteiger partial charge < -0.3 is 4.90 Å². The minimum atomic E-state index is -4.74. The summed E-state index contributed by atoms with van der Waals surface area (Å²) in [6, 6.07) is 8.79. The Hall–Kier alpha value is -2.68. The van der Waals surface area contributed by atoms with E-state index in [9.17, 15) is 32.5 Å². The number of nitrogens with zero attached hydrogens (tertiary/aromatic N) is 2. The lowest BCUT2D eigenvalue weighted by molar-refractivity contribution is -0.385. The maximum Gasteiger partial charge on any atom is 0.406 e. The lowest BCUT2D eigenvalue weighted by Crippen LogP contribution is -2.39. The molecule has 0 saturated carbocycles. The fourth-order valence-electron chi connectivity index (χ4n) is 2.44. The van der Waals surface area contributed by atoms with Crippen LogP contribution in [0, 0.1) is 15.9 Å². The first-order chi connectivity index (χ1) is 12.6. The third kappa shape index (κ3) is 5.65. The molecule has 27 heavy (non-hydrogen) atoms. The van der Waals surface area contributed by atoms with Gasteiger partial charge in [-0.1, -0.05) is 35.9 Å². The van der Waals surface area contributed by atoms with Crippen molar-refractivity contribution in [1.29, 1.82) is 0 Å². The lowest BCUT2D eigenvalue weighted by Gasteiger charge is -2.24. The summed E-state index contributed by atoms with van der Waals surface area (Å²) in [6.45, 7) is -2.29. The van der Waals surface area contributed by atoms with Crippen LogP contribution in [0.15, 0.2) is 42.5 Å². The van der Waals surface area contributed by atoms with E-state index in [1.807, 2.05) is 0 Å². The molecule has 0 saturated heterocycles. The molecule has 2 aromatic carbocycles. The summed E-state index contributed by atoms with van der Waals surface area (Å²) >= 11 is 5.82. The van der Waals surface area contributed by atoms with Crippen molar-refractivity contribution in [2.24, 2.45) is 0 Å². The molecule has 5 nitrogen and oxygen atoms in total. The molecule has 0 aromatic heterocycles. The van der Waals surface area contributed by atoms with Crippen molar-refractivity contribution in [1.82, 2.24) is 4.90 Å². The molecule has 0 N–H and O–H groups in total. The van der Waals surface area contributed by atoms with E-state index in [0.29, 0.717) is 4.90 Å². The van der Waals surface area contributed by atoms with Crippen molar-refractivity contribution in [3.8, 4) is 0 Å². The van der Waals surface area contributed by atoms with Crippen LogP contribution in [0.2, 0.25) is 5.02 Å². The number of carbonyl (C=O) groups is 1. The second kappa shape index (κ2) is 8.34. The number of halogens is 5. The zero-order valence-corrected chi connectivity index (χ0v) is 14.4. The molecule has 0 bridgehead atoms. The molecule has 0 aliphatic heterocycles. The van der Waals surface area contributed by atoms with E-state index in [1.54, 1.807) is 0 Å². The van der Waals surface area contributed by atoms with Crippen molar-refractivity contribution < 1.29 is 27.3 Å². The number of carbonyl (C=O) groups excluding carboxylic acids is 1. The molecule has 144 valence electrons. The van der Waals surface area contributed by atoms with E-state index in [0.717, 1.165) is 12.1 Å². The third-order valence-corrected chi connectivity index (χ3v) is 4.02. The zero-order chi connectivity index (χ0) is 20.2. The largest absolute Gasteiger partial charge is 0.406 e. The quantitative estimate of drug-likeness (QED) is 0.404. The first-order valence-electron chi connectivity index (χ1n) is 7.58. The summed E-state index contributed by atoms with van der Waals surface area (Å²) in [5.41, 5.74) is -0.722. The molecule has 2 rings (SSSR count). The highest BCUT2D eigenvalue weighted by Crippen LogP contribution is 2.25. The maximum absolute atomic E-state index is 13.8. The van der Waals surface area contributed by atoms with Crippen molar-refractivity contribution in [2.45, 2.75) is 19.1 Å². The summed E-state index contributed by atoms with van der Waals surface area (Å²) in [5.74, 6) is -1.88. The molecular weight excluding hydrogens is 392 g/mol. The van der Waals surface area contributed by atoms with Crippen LogP contribution >= 0.6 is 11.6 Å². The van der Waals surface area contributed by atoms with Crippen LogP contribution in [0.5, 0.6) is 0 Å². The van der Waals surface area contributed by atoms with E-state index in [4.69, 9.17) is 11.6 Å². The Morgan fingerprint density at radius 2 is 1.81 bits per heavy atom. The van der Waals surface area contributed by atoms with Gasteiger partial charge in [0.15, 0.2) is 0 Å². The summed E-state index contributed by atoms with van der Waals surface area (Å²) < 4.78 is 52.5. The second-order valence-corrected chi connectivity index (χ2v) is 6.03. The monoisotopic (exact) mass is 404 g/mol. The molecule has 0 spiro atoms. The molecule has 0 unspecified atom stereocenters. The van der Waals surface area contributed by atoms with Crippen LogP contribution in [-0.2, 0) is 17.8 Å². The molecule has 0 radical (unpaired) electrons. The van der Waals surface area contributed by atoms with Crippen molar-refractivity contribution in [3.63, 3.8) is 0 Å². The van der Waals surface area contributed by atoms with Crippen molar-refractivity contribution in [3.05, 3.63) is 74.5 Å². The van der Waals surface area contributed by atoms with E-state index in [-0.39, 0.29) is 16.1 Å². The summed E-state index contributed by atoms with van der Waals surface area (Å²) in [7, 11) is 0. The van der Waals surface area contributed by atoms with Crippen LogP contribution in [0.3, 0.4) is 0 Å². The van der Waals surface area contributed by atoms with E-state index < -0.39 is 48.0 Å². The molecule has 0 heterocycles. The van der Waals surface area contributed by atoms with Crippen LogP contribution in [0.25, 0.3) is 0 Å². The Morgan fingerprint density at radius 3 is 2.41 bits per heavy atom. The molecule has 0 aliphatic rings. The molecule has 2 aromatic rings. The summed E-state index contributed by atoms with van der Waals surface area (Å²) in [4.78, 5) is 23.1. The Labute approximate surface area is 156 Å². The molecule has 0 fully saturated rings. The molecule has 0 aliphatic carbocycles. The Morgan fingerprint density at radius 1 is 1.15 bits per heavy atom. The Kier molecular flexibility index (Phi) is 6.37. The van der Waals surface area contributed by atoms with Gasteiger partial charge in [0.25, 0.3) is 5.69 Å². The average molecular weight is 405 g/mol. The van der Waals surface area contributed by atoms with Gasteiger partial charge in [0, 0.05) is 22.2 Å². The first kappa shape index (κ1) is 20.6. The SMILES string of the molecule is O=C(Cc1c(F)cccc1Cl)N(Cc1ccccc1[N+](=O)[O-])CC(F)(F)F. The highest BCUT2D eigenvalue weighted by molar-refractivity contribution is 6.31. The van der Waals surface area contributed by atoms with E-state index in [1.165, 1.54) is 30.3 Å². The van der Waals surface area contributed by atoms with Gasteiger partial charge in [-0.15, -0.1) is 0 Å².